The zero-order valence-electron chi connectivity index (χ0n) is 8.82. The molecule has 1 fully saturated rings. The summed E-state index contributed by atoms with van der Waals surface area (Å²) in [5, 5.41) is 0.988. The van der Waals surface area contributed by atoms with Gasteiger partial charge in [0.05, 0.1) is 12.5 Å². The molecule has 2 bridgehead atoms. The number of alkyl halides is 1. The Morgan fingerprint density at radius 2 is 2.20 bits per heavy atom. The Labute approximate surface area is 99.2 Å². The fourth-order valence-corrected chi connectivity index (χ4v) is 2.92. The van der Waals surface area contributed by atoms with Crippen molar-refractivity contribution in [3.05, 3.63) is 12.2 Å². The molecule has 3 atom stereocenters. The van der Waals surface area contributed by atoms with Crippen molar-refractivity contribution in [3.63, 3.8) is 0 Å². The second-order valence-corrected chi connectivity index (χ2v) is 5.24. The Kier molecular flexibility index (Phi) is 3.84. The molecule has 0 spiro atoms. The van der Waals surface area contributed by atoms with Crippen molar-refractivity contribution in [2.75, 3.05) is 11.9 Å². The Morgan fingerprint density at radius 3 is 2.80 bits per heavy atom. The number of fused-ring (bicyclic) bond motifs is 2. The zero-order valence-corrected chi connectivity index (χ0v) is 10.4. The molecule has 0 amide bonds. The molecule has 2 aliphatic carbocycles. The summed E-state index contributed by atoms with van der Waals surface area (Å²) in [7, 11) is 0. The summed E-state index contributed by atoms with van der Waals surface area (Å²) in [5.41, 5.74) is 0. The number of carbonyl (C=O) groups is 1. The number of carbonyl (C=O) groups excluding carboxylic acids is 1. The summed E-state index contributed by atoms with van der Waals surface area (Å²) in [6.07, 6.45) is 8.66. The van der Waals surface area contributed by atoms with Crippen LogP contribution in [0.15, 0.2) is 12.2 Å². The van der Waals surface area contributed by atoms with Crippen molar-refractivity contribution >= 4 is 21.9 Å². The summed E-state index contributed by atoms with van der Waals surface area (Å²) in [6.45, 7) is 0.585. The van der Waals surface area contributed by atoms with Crippen LogP contribution in [-0.2, 0) is 9.53 Å². The first-order valence-electron chi connectivity index (χ1n) is 5.72. The Hall–Kier alpha value is -0.310. The van der Waals surface area contributed by atoms with E-state index in [1.54, 1.807) is 0 Å². The fourth-order valence-electron chi connectivity index (χ4n) is 2.53. The number of ether oxygens (including phenoxy) is 1. The average molecular weight is 273 g/mol. The summed E-state index contributed by atoms with van der Waals surface area (Å²) in [6, 6.07) is 0. The van der Waals surface area contributed by atoms with E-state index >= 15 is 0 Å². The van der Waals surface area contributed by atoms with Crippen LogP contribution in [0.2, 0.25) is 0 Å². The summed E-state index contributed by atoms with van der Waals surface area (Å²) in [4.78, 5) is 11.7. The molecule has 0 saturated heterocycles. The number of hydrogen-bond donors (Lipinski definition) is 0. The van der Waals surface area contributed by atoms with Gasteiger partial charge in [-0.05, 0) is 37.5 Å². The van der Waals surface area contributed by atoms with Gasteiger partial charge in [-0.3, -0.25) is 4.79 Å². The standard InChI is InChI=1S/C12H17BrO2/c13-5-1-2-6-15-12(14)11-8-9-3-4-10(11)7-9/h3-4,9-11H,1-2,5-8H2/t9-,10-,11+/m1/s1. The minimum atomic E-state index is 0.0291. The molecule has 0 heterocycles. The van der Waals surface area contributed by atoms with Gasteiger partial charge >= 0.3 is 5.97 Å². The number of hydrogen-bond acceptors (Lipinski definition) is 2. The third-order valence-electron chi connectivity index (χ3n) is 3.35. The van der Waals surface area contributed by atoms with Crippen LogP contribution in [0, 0.1) is 17.8 Å². The minimum absolute atomic E-state index is 0.0291. The second kappa shape index (κ2) is 5.15. The van der Waals surface area contributed by atoms with Gasteiger partial charge in [-0.25, -0.2) is 0 Å². The van der Waals surface area contributed by atoms with E-state index in [1.165, 1.54) is 6.42 Å². The van der Waals surface area contributed by atoms with Gasteiger partial charge in [0.15, 0.2) is 0 Å². The molecule has 3 heteroatoms. The highest BCUT2D eigenvalue weighted by Gasteiger charge is 2.40. The van der Waals surface area contributed by atoms with Crippen molar-refractivity contribution in [3.8, 4) is 0 Å². The van der Waals surface area contributed by atoms with Crippen molar-refractivity contribution in [2.45, 2.75) is 25.7 Å². The predicted molar refractivity (Wildman–Crippen MR) is 62.8 cm³/mol. The lowest BCUT2D eigenvalue weighted by Crippen LogP contribution is -2.22. The minimum Gasteiger partial charge on any atom is -0.465 e. The molecule has 84 valence electrons. The molecule has 0 N–H and O–H groups in total. The third-order valence-corrected chi connectivity index (χ3v) is 3.91. The highest BCUT2D eigenvalue weighted by molar-refractivity contribution is 9.09. The number of unbranched alkanes of at least 4 members (excludes halogenated alkanes) is 1. The maximum absolute atomic E-state index is 11.7. The molecule has 0 radical (unpaired) electrons. The van der Waals surface area contributed by atoms with Gasteiger partial charge in [-0.2, -0.15) is 0 Å². The highest BCUT2D eigenvalue weighted by Crippen LogP contribution is 2.43. The highest BCUT2D eigenvalue weighted by atomic mass is 79.9. The van der Waals surface area contributed by atoms with Crippen LogP contribution >= 0.6 is 15.9 Å². The van der Waals surface area contributed by atoms with E-state index < -0.39 is 0 Å². The van der Waals surface area contributed by atoms with E-state index in [0.29, 0.717) is 18.4 Å². The fraction of sp³-hybridized carbons (Fsp3) is 0.750. The van der Waals surface area contributed by atoms with Gasteiger partial charge in [0.1, 0.15) is 0 Å². The smallest absolute Gasteiger partial charge is 0.309 e. The van der Waals surface area contributed by atoms with Crippen LogP contribution < -0.4 is 0 Å². The lowest BCUT2D eigenvalue weighted by Gasteiger charge is -2.16. The van der Waals surface area contributed by atoms with Gasteiger partial charge in [0.25, 0.3) is 0 Å². The molecular weight excluding hydrogens is 256 g/mol. The molecule has 2 aliphatic rings. The topological polar surface area (TPSA) is 26.3 Å². The number of halogens is 1. The molecule has 0 aromatic heterocycles. The first-order chi connectivity index (χ1) is 7.31. The van der Waals surface area contributed by atoms with Crippen molar-refractivity contribution in [1.29, 1.82) is 0 Å². The van der Waals surface area contributed by atoms with Crippen LogP contribution in [0.5, 0.6) is 0 Å². The maximum Gasteiger partial charge on any atom is 0.309 e. The first-order valence-corrected chi connectivity index (χ1v) is 6.84. The first kappa shape index (κ1) is 11.2. The van der Waals surface area contributed by atoms with Crippen molar-refractivity contribution < 1.29 is 9.53 Å². The van der Waals surface area contributed by atoms with E-state index in [4.69, 9.17) is 4.74 Å². The van der Waals surface area contributed by atoms with E-state index in [1.807, 2.05) is 0 Å². The van der Waals surface area contributed by atoms with Gasteiger partial charge in [0.2, 0.25) is 0 Å². The largest absolute Gasteiger partial charge is 0.465 e. The Balaban J connectivity index is 1.70. The number of esters is 1. The van der Waals surface area contributed by atoms with Gasteiger partial charge in [-0.15, -0.1) is 0 Å². The quantitative estimate of drug-likeness (QED) is 0.333. The van der Waals surface area contributed by atoms with Crippen molar-refractivity contribution in [1.82, 2.24) is 0 Å². The van der Waals surface area contributed by atoms with Crippen LogP contribution in [0.25, 0.3) is 0 Å². The van der Waals surface area contributed by atoms with Crippen LogP contribution in [0.4, 0.5) is 0 Å². The summed E-state index contributed by atoms with van der Waals surface area (Å²) < 4.78 is 5.29. The molecule has 2 rings (SSSR count). The van der Waals surface area contributed by atoms with Gasteiger partial charge in [0, 0.05) is 5.33 Å². The Morgan fingerprint density at radius 1 is 1.33 bits per heavy atom. The van der Waals surface area contributed by atoms with Crippen LogP contribution in [0.3, 0.4) is 0 Å². The van der Waals surface area contributed by atoms with E-state index in [-0.39, 0.29) is 11.9 Å². The van der Waals surface area contributed by atoms with E-state index in [2.05, 4.69) is 28.1 Å². The molecule has 0 unspecified atom stereocenters. The monoisotopic (exact) mass is 272 g/mol. The van der Waals surface area contributed by atoms with Crippen LogP contribution in [-0.4, -0.2) is 17.9 Å². The zero-order chi connectivity index (χ0) is 10.7. The molecule has 2 nitrogen and oxygen atoms in total. The lowest BCUT2D eigenvalue weighted by molar-refractivity contribution is -0.149. The number of allylic oxidation sites excluding steroid dienone is 2. The second-order valence-electron chi connectivity index (χ2n) is 4.45. The van der Waals surface area contributed by atoms with Gasteiger partial charge in [-0.1, -0.05) is 28.1 Å². The average Bonchev–Trinajstić information content (AvgIpc) is 2.85. The molecule has 0 aromatic rings. The van der Waals surface area contributed by atoms with Gasteiger partial charge < -0.3 is 4.74 Å². The number of rotatable bonds is 5. The van der Waals surface area contributed by atoms with E-state index in [9.17, 15) is 4.79 Å². The lowest BCUT2D eigenvalue weighted by atomic mass is 9.94. The molecule has 15 heavy (non-hydrogen) atoms. The van der Waals surface area contributed by atoms with Crippen LogP contribution in [0.1, 0.15) is 25.7 Å². The molecular formula is C12H17BrO2. The molecule has 0 aliphatic heterocycles. The third kappa shape index (κ3) is 2.63. The molecule has 0 aromatic carbocycles. The summed E-state index contributed by atoms with van der Waals surface area (Å²) >= 11 is 3.36. The Bertz CT molecular complexity index is 262. The summed E-state index contributed by atoms with van der Waals surface area (Å²) in [5.74, 6) is 1.30. The SMILES string of the molecule is O=C(OCCCCBr)[C@H]1C[C@@H]2C=C[C@@H]1C2. The predicted octanol–water partition coefficient (Wildman–Crippen LogP) is 2.92. The maximum atomic E-state index is 11.7. The molecule has 1 saturated carbocycles. The van der Waals surface area contributed by atoms with Crippen molar-refractivity contribution in [2.24, 2.45) is 17.8 Å². The van der Waals surface area contributed by atoms with E-state index in [0.717, 1.165) is 24.6 Å². The normalized spacial score (nSPS) is 32.2.